The van der Waals surface area contributed by atoms with Gasteiger partial charge in [0.05, 0.1) is 6.42 Å². The van der Waals surface area contributed by atoms with Crippen molar-refractivity contribution in [1.82, 2.24) is 5.32 Å². The number of fused-ring (bicyclic) bond motifs is 1. The summed E-state index contributed by atoms with van der Waals surface area (Å²) in [6.45, 7) is 2.96. The van der Waals surface area contributed by atoms with Crippen LogP contribution in [-0.4, -0.2) is 12.7 Å². The van der Waals surface area contributed by atoms with Crippen molar-refractivity contribution in [2.45, 2.75) is 38.4 Å². The maximum Gasteiger partial charge on any atom is 0.393 e. The highest BCUT2D eigenvalue weighted by molar-refractivity contribution is 5.86. The lowest BCUT2D eigenvalue weighted by molar-refractivity contribution is -0.127. The van der Waals surface area contributed by atoms with Gasteiger partial charge in [0.15, 0.2) is 0 Å². The molecule has 3 aromatic rings. The first-order valence-corrected chi connectivity index (χ1v) is 9.28. The third-order valence-electron chi connectivity index (χ3n) is 4.78. The summed E-state index contributed by atoms with van der Waals surface area (Å²) in [5, 5.41) is 6.01. The normalized spacial score (nSPS) is 13.0. The van der Waals surface area contributed by atoms with Crippen LogP contribution in [0.2, 0.25) is 0 Å². The summed E-state index contributed by atoms with van der Waals surface area (Å²) in [6, 6.07) is 21.7. The lowest BCUT2D eigenvalue weighted by Crippen LogP contribution is -2.20. The molecular formula is C23H24F3N. The zero-order valence-electron chi connectivity index (χ0n) is 15.4. The summed E-state index contributed by atoms with van der Waals surface area (Å²) in [6.07, 6.45) is -3.38. The Labute approximate surface area is 158 Å². The van der Waals surface area contributed by atoms with Crippen LogP contribution in [0.15, 0.2) is 66.7 Å². The van der Waals surface area contributed by atoms with Crippen LogP contribution in [0, 0.1) is 0 Å². The van der Waals surface area contributed by atoms with Gasteiger partial charge < -0.3 is 5.32 Å². The molecule has 1 N–H and O–H groups in total. The molecule has 0 aliphatic carbocycles. The Balaban J connectivity index is 1.53. The van der Waals surface area contributed by atoms with Crippen molar-refractivity contribution < 1.29 is 13.2 Å². The minimum Gasteiger partial charge on any atom is -0.310 e. The van der Waals surface area contributed by atoms with Crippen LogP contribution in [0.5, 0.6) is 0 Å². The summed E-state index contributed by atoms with van der Waals surface area (Å²) in [5.74, 6) is 0. The highest BCUT2D eigenvalue weighted by Crippen LogP contribution is 2.24. The van der Waals surface area contributed by atoms with E-state index in [1.165, 1.54) is 22.4 Å². The van der Waals surface area contributed by atoms with Crippen molar-refractivity contribution in [3.8, 4) is 0 Å². The Morgan fingerprint density at radius 3 is 2.41 bits per heavy atom. The number of nitrogens with one attached hydrogen (secondary N) is 1. The van der Waals surface area contributed by atoms with Gasteiger partial charge in [0, 0.05) is 6.04 Å². The highest BCUT2D eigenvalue weighted by atomic mass is 19.4. The molecule has 0 amide bonds. The molecule has 4 heteroatoms. The lowest BCUT2D eigenvalue weighted by Gasteiger charge is -2.17. The van der Waals surface area contributed by atoms with Crippen LogP contribution in [0.1, 0.15) is 36.1 Å². The van der Waals surface area contributed by atoms with Crippen molar-refractivity contribution in [3.63, 3.8) is 0 Å². The number of alkyl halides is 3. The Morgan fingerprint density at radius 2 is 1.59 bits per heavy atom. The molecule has 0 fully saturated rings. The van der Waals surface area contributed by atoms with Gasteiger partial charge in [-0.3, -0.25) is 0 Å². The molecule has 1 atom stereocenters. The maximum absolute atomic E-state index is 12.5. The molecule has 1 nitrogen and oxygen atoms in total. The first-order valence-electron chi connectivity index (χ1n) is 9.28. The van der Waals surface area contributed by atoms with E-state index in [1.807, 2.05) is 18.2 Å². The van der Waals surface area contributed by atoms with Crippen LogP contribution in [0.25, 0.3) is 10.8 Å². The molecule has 3 rings (SSSR count). The second-order valence-corrected chi connectivity index (χ2v) is 6.96. The summed E-state index contributed by atoms with van der Waals surface area (Å²) in [5.41, 5.74) is 2.55. The molecule has 0 aromatic heterocycles. The van der Waals surface area contributed by atoms with E-state index < -0.39 is 12.6 Å². The quantitative estimate of drug-likeness (QED) is 0.486. The number of hydrogen-bond donors (Lipinski definition) is 1. The molecule has 3 aromatic carbocycles. The van der Waals surface area contributed by atoms with Crippen molar-refractivity contribution in [1.29, 1.82) is 0 Å². The summed E-state index contributed by atoms with van der Waals surface area (Å²) < 4.78 is 37.6. The number of halogens is 3. The molecule has 0 heterocycles. The van der Waals surface area contributed by atoms with E-state index in [-0.39, 0.29) is 6.04 Å². The van der Waals surface area contributed by atoms with E-state index in [1.54, 1.807) is 12.1 Å². The van der Waals surface area contributed by atoms with Gasteiger partial charge in [-0.25, -0.2) is 0 Å². The van der Waals surface area contributed by atoms with Crippen LogP contribution < -0.4 is 5.32 Å². The Morgan fingerprint density at radius 1 is 0.889 bits per heavy atom. The first-order chi connectivity index (χ1) is 12.9. The Kier molecular flexibility index (Phi) is 6.17. The van der Waals surface area contributed by atoms with Crippen molar-refractivity contribution >= 4 is 10.8 Å². The average Bonchev–Trinajstić information content (AvgIpc) is 2.63. The standard InChI is InChI=1S/C23H24F3N/c1-17(21-13-5-11-20-10-2-3-12-22(20)21)27-14-6-9-18-7-4-8-19(15-18)16-23(24,25)26/h2-5,7-8,10-13,15,17,27H,6,9,14,16H2,1H3/t17-/m1/s1. The van der Waals surface area contributed by atoms with Crippen LogP contribution in [-0.2, 0) is 12.8 Å². The molecule has 0 bridgehead atoms. The molecule has 0 spiro atoms. The average molecular weight is 371 g/mol. The monoisotopic (exact) mass is 371 g/mol. The molecular weight excluding hydrogens is 347 g/mol. The van der Waals surface area contributed by atoms with Gasteiger partial charge in [-0.2, -0.15) is 13.2 Å². The number of hydrogen-bond acceptors (Lipinski definition) is 1. The predicted octanol–water partition coefficient (Wildman–Crippen LogP) is 6.23. The third kappa shape index (κ3) is 5.57. The van der Waals surface area contributed by atoms with E-state index >= 15 is 0 Å². The fourth-order valence-corrected chi connectivity index (χ4v) is 3.48. The van der Waals surface area contributed by atoms with E-state index in [0.717, 1.165) is 24.9 Å². The molecule has 0 radical (unpaired) electrons. The molecule has 0 saturated carbocycles. The molecule has 27 heavy (non-hydrogen) atoms. The summed E-state index contributed by atoms with van der Waals surface area (Å²) in [7, 11) is 0. The Hall–Kier alpha value is -2.33. The lowest BCUT2D eigenvalue weighted by atomic mass is 9.99. The largest absolute Gasteiger partial charge is 0.393 e. The highest BCUT2D eigenvalue weighted by Gasteiger charge is 2.27. The van der Waals surface area contributed by atoms with Crippen molar-refractivity contribution in [2.24, 2.45) is 0 Å². The Bertz CT molecular complexity index is 881. The number of aryl methyl sites for hydroxylation is 1. The molecule has 142 valence electrons. The first kappa shape index (κ1) is 19.4. The maximum atomic E-state index is 12.5. The minimum absolute atomic E-state index is 0.215. The zero-order chi connectivity index (χ0) is 19.3. The number of benzene rings is 3. The smallest absolute Gasteiger partial charge is 0.310 e. The summed E-state index contributed by atoms with van der Waals surface area (Å²) >= 11 is 0. The molecule has 0 aliphatic rings. The molecule has 0 unspecified atom stereocenters. The zero-order valence-corrected chi connectivity index (χ0v) is 15.4. The van der Waals surface area contributed by atoms with E-state index in [0.29, 0.717) is 5.56 Å². The third-order valence-corrected chi connectivity index (χ3v) is 4.78. The minimum atomic E-state index is -4.16. The van der Waals surface area contributed by atoms with Crippen molar-refractivity contribution in [2.75, 3.05) is 6.54 Å². The van der Waals surface area contributed by atoms with Crippen molar-refractivity contribution in [3.05, 3.63) is 83.4 Å². The van der Waals surface area contributed by atoms with Gasteiger partial charge in [0.25, 0.3) is 0 Å². The molecule has 0 saturated heterocycles. The van der Waals surface area contributed by atoms with Crippen LogP contribution in [0.3, 0.4) is 0 Å². The predicted molar refractivity (Wildman–Crippen MR) is 105 cm³/mol. The van der Waals surface area contributed by atoms with E-state index in [2.05, 4.69) is 42.6 Å². The second-order valence-electron chi connectivity index (χ2n) is 6.96. The van der Waals surface area contributed by atoms with Gasteiger partial charge in [0.1, 0.15) is 0 Å². The second kappa shape index (κ2) is 8.57. The van der Waals surface area contributed by atoms with Gasteiger partial charge in [-0.1, -0.05) is 66.7 Å². The van der Waals surface area contributed by atoms with Gasteiger partial charge in [0.2, 0.25) is 0 Å². The fraction of sp³-hybridized carbons (Fsp3) is 0.304. The fourth-order valence-electron chi connectivity index (χ4n) is 3.48. The SMILES string of the molecule is C[C@@H](NCCCc1cccc(CC(F)(F)F)c1)c1cccc2ccccc12. The summed E-state index contributed by atoms with van der Waals surface area (Å²) in [4.78, 5) is 0. The van der Waals surface area contributed by atoms with Gasteiger partial charge in [-0.05, 0) is 53.8 Å². The van der Waals surface area contributed by atoms with Crippen LogP contribution in [0.4, 0.5) is 13.2 Å². The molecule has 0 aliphatic heterocycles. The van der Waals surface area contributed by atoms with Gasteiger partial charge in [-0.15, -0.1) is 0 Å². The van der Waals surface area contributed by atoms with Crippen LogP contribution >= 0.6 is 0 Å². The number of rotatable bonds is 7. The van der Waals surface area contributed by atoms with E-state index in [9.17, 15) is 13.2 Å². The van der Waals surface area contributed by atoms with E-state index in [4.69, 9.17) is 0 Å². The topological polar surface area (TPSA) is 12.0 Å². The van der Waals surface area contributed by atoms with Gasteiger partial charge >= 0.3 is 6.18 Å².